The molecule has 0 bridgehead atoms. The third kappa shape index (κ3) is 5.37. The first-order valence-corrected chi connectivity index (χ1v) is 12.5. The fourth-order valence-corrected chi connectivity index (χ4v) is 5.12. The monoisotopic (exact) mass is 464 g/mol. The number of carbonyl (C=O) groups is 2. The van der Waals surface area contributed by atoms with Crippen LogP contribution in [-0.2, 0) is 16.1 Å². The predicted octanol–water partition coefficient (Wildman–Crippen LogP) is 5.12. The molecule has 0 N–H and O–H groups in total. The van der Waals surface area contributed by atoms with Crippen LogP contribution in [0.15, 0.2) is 48.5 Å². The molecule has 34 heavy (non-hydrogen) atoms. The molecule has 1 saturated carbocycles. The fourth-order valence-electron chi connectivity index (χ4n) is 5.12. The van der Waals surface area contributed by atoms with Crippen LogP contribution in [0.4, 0.5) is 0 Å². The van der Waals surface area contributed by atoms with Gasteiger partial charge in [0.1, 0.15) is 12.6 Å². The van der Waals surface area contributed by atoms with E-state index in [1.807, 2.05) is 67.3 Å². The first-order valence-electron chi connectivity index (χ1n) is 12.5. The van der Waals surface area contributed by atoms with Crippen molar-refractivity contribution in [3.05, 3.63) is 59.7 Å². The van der Waals surface area contributed by atoms with Crippen molar-refractivity contribution in [2.24, 2.45) is 0 Å². The van der Waals surface area contributed by atoms with Gasteiger partial charge < -0.3 is 19.3 Å². The van der Waals surface area contributed by atoms with E-state index in [9.17, 15) is 9.59 Å². The third-order valence-electron chi connectivity index (χ3n) is 6.78. The number of rotatable bonds is 7. The molecule has 0 aromatic heterocycles. The van der Waals surface area contributed by atoms with Crippen molar-refractivity contribution in [2.75, 3.05) is 13.7 Å². The highest BCUT2D eigenvalue weighted by atomic mass is 16.5. The average molecular weight is 465 g/mol. The molecular weight excluding hydrogens is 428 g/mol. The van der Waals surface area contributed by atoms with Gasteiger partial charge in [-0.1, -0.05) is 62.1 Å². The van der Waals surface area contributed by atoms with E-state index in [0.717, 1.165) is 36.8 Å². The predicted molar refractivity (Wildman–Crippen MR) is 132 cm³/mol. The molecule has 6 nitrogen and oxygen atoms in total. The van der Waals surface area contributed by atoms with Gasteiger partial charge in [0.25, 0.3) is 5.91 Å². The van der Waals surface area contributed by atoms with E-state index < -0.39 is 6.04 Å². The van der Waals surface area contributed by atoms with E-state index in [4.69, 9.17) is 9.47 Å². The van der Waals surface area contributed by atoms with Crippen LogP contribution in [-0.4, -0.2) is 47.4 Å². The summed E-state index contributed by atoms with van der Waals surface area (Å²) in [7, 11) is 1.60. The summed E-state index contributed by atoms with van der Waals surface area (Å²) < 4.78 is 11.5. The van der Waals surface area contributed by atoms with Crippen molar-refractivity contribution in [3.63, 3.8) is 0 Å². The van der Waals surface area contributed by atoms with Gasteiger partial charge in [-0.25, -0.2) is 0 Å². The van der Waals surface area contributed by atoms with E-state index in [1.54, 1.807) is 12.0 Å². The Balaban J connectivity index is 1.71. The molecule has 2 aromatic carbocycles. The minimum Gasteiger partial charge on any atom is -0.493 e. The number of piperazine rings is 1. The molecule has 1 atom stereocenters. The van der Waals surface area contributed by atoms with Gasteiger partial charge in [0.15, 0.2) is 11.5 Å². The summed E-state index contributed by atoms with van der Waals surface area (Å²) in [4.78, 5) is 31.1. The molecule has 2 fully saturated rings. The van der Waals surface area contributed by atoms with Gasteiger partial charge in [-0.15, -0.1) is 0 Å². The lowest BCUT2D eigenvalue weighted by Crippen LogP contribution is -2.57. The summed E-state index contributed by atoms with van der Waals surface area (Å²) in [6.45, 7) is 4.46. The fraction of sp³-hybridized carbons (Fsp3) is 0.500. The zero-order valence-corrected chi connectivity index (χ0v) is 20.5. The zero-order chi connectivity index (χ0) is 24.1. The molecule has 1 saturated heterocycles. The van der Waals surface area contributed by atoms with Crippen LogP contribution < -0.4 is 9.47 Å². The Bertz CT molecular complexity index is 983. The summed E-state index contributed by atoms with van der Waals surface area (Å²) in [5.74, 6) is 1.19. The maximum atomic E-state index is 14.0. The molecule has 6 heteroatoms. The number of carbonyl (C=O) groups excluding carboxylic acids is 2. The second-order valence-electron chi connectivity index (χ2n) is 9.60. The molecule has 2 amide bonds. The summed E-state index contributed by atoms with van der Waals surface area (Å²) in [6, 6.07) is 14.9. The van der Waals surface area contributed by atoms with Crippen molar-refractivity contribution < 1.29 is 19.1 Å². The number of nitrogens with zero attached hydrogens (tertiary/aromatic N) is 2. The molecule has 2 aromatic rings. The lowest BCUT2D eigenvalue weighted by molar-refractivity contribution is -0.159. The maximum Gasteiger partial charge on any atom is 0.250 e. The Morgan fingerprint density at radius 1 is 0.941 bits per heavy atom. The lowest BCUT2D eigenvalue weighted by atomic mass is 9.96. The van der Waals surface area contributed by atoms with E-state index in [-0.39, 0.29) is 30.5 Å². The summed E-state index contributed by atoms with van der Waals surface area (Å²) in [6.07, 6.45) is 6.54. The number of amides is 2. The van der Waals surface area contributed by atoms with Crippen molar-refractivity contribution in [3.8, 4) is 11.5 Å². The molecule has 0 unspecified atom stereocenters. The van der Waals surface area contributed by atoms with E-state index in [0.29, 0.717) is 18.0 Å². The minimum atomic E-state index is -0.688. The molecule has 1 aliphatic carbocycles. The van der Waals surface area contributed by atoms with Crippen molar-refractivity contribution >= 4 is 11.8 Å². The van der Waals surface area contributed by atoms with Crippen LogP contribution in [0.5, 0.6) is 11.5 Å². The standard InChI is InChI=1S/C28H36N2O4/c1-20(2)34-24-16-15-22(17-25(24)33-3)27-28(32)29(23-13-9-4-5-10-14-23)19-26(31)30(27)18-21-11-7-6-8-12-21/h6-8,11-12,15-17,20,23,27H,4-5,9-10,13-14,18-19H2,1-3H3/t27-/m1/s1. The topological polar surface area (TPSA) is 59.1 Å². The van der Waals surface area contributed by atoms with E-state index >= 15 is 0 Å². The molecule has 1 aliphatic heterocycles. The highest BCUT2D eigenvalue weighted by molar-refractivity contribution is 5.96. The van der Waals surface area contributed by atoms with E-state index in [2.05, 4.69) is 0 Å². The Morgan fingerprint density at radius 2 is 1.65 bits per heavy atom. The first kappa shape index (κ1) is 24.1. The van der Waals surface area contributed by atoms with Gasteiger partial charge in [0.2, 0.25) is 5.91 Å². The quantitative estimate of drug-likeness (QED) is 0.534. The van der Waals surface area contributed by atoms with Gasteiger partial charge in [0, 0.05) is 12.6 Å². The van der Waals surface area contributed by atoms with Crippen LogP contribution in [0.1, 0.15) is 69.5 Å². The van der Waals surface area contributed by atoms with Gasteiger partial charge in [-0.3, -0.25) is 9.59 Å². The van der Waals surface area contributed by atoms with E-state index in [1.165, 1.54) is 12.8 Å². The Labute approximate surface area is 202 Å². The Hall–Kier alpha value is -3.02. The molecule has 4 rings (SSSR count). The van der Waals surface area contributed by atoms with Gasteiger partial charge in [0.05, 0.1) is 13.2 Å². The van der Waals surface area contributed by atoms with Gasteiger partial charge in [-0.2, -0.15) is 0 Å². The van der Waals surface area contributed by atoms with Crippen LogP contribution in [0, 0.1) is 0 Å². The van der Waals surface area contributed by atoms with Crippen molar-refractivity contribution in [1.29, 1.82) is 0 Å². The van der Waals surface area contributed by atoms with Gasteiger partial charge in [-0.05, 0) is 49.9 Å². The van der Waals surface area contributed by atoms with Crippen LogP contribution in [0.3, 0.4) is 0 Å². The third-order valence-corrected chi connectivity index (χ3v) is 6.78. The van der Waals surface area contributed by atoms with Crippen molar-refractivity contribution in [1.82, 2.24) is 9.80 Å². The summed E-state index contributed by atoms with van der Waals surface area (Å²) in [5.41, 5.74) is 1.75. The second-order valence-corrected chi connectivity index (χ2v) is 9.60. The Morgan fingerprint density at radius 3 is 2.29 bits per heavy atom. The maximum absolute atomic E-state index is 14.0. The smallest absolute Gasteiger partial charge is 0.250 e. The lowest BCUT2D eigenvalue weighted by Gasteiger charge is -2.43. The molecule has 0 spiro atoms. The van der Waals surface area contributed by atoms with Crippen LogP contribution >= 0.6 is 0 Å². The average Bonchev–Trinajstić information content (AvgIpc) is 3.12. The minimum absolute atomic E-state index is 0.00186. The molecule has 2 aliphatic rings. The number of benzene rings is 2. The highest BCUT2D eigenvalue weighted by Gasteiger charge is 2.43. The second kappa shape index (κ2) is 10.9. The normalized spacial score (nSPS) is 19.9. The van der Waals surface area contributed by atoms with Gasteiger partial charge >= 0.3 is 0 Å². The highest BCUT2D eigenvalue weighted by Crippen LogP contribution is 2.37. The van der Waals surface area contributed by atoms with Crippen molar-refractivity contribution in [2.45, 2.75) is 77.1 Å². The number of methoxy groups -OCH3 is 1. The molecule has 0 radical (unpaired) electrons. The number of hydrogen-bond acceptors (Lipinski definition) is 4. The summed E-state index contributed by atoms with van der Waals surface area (Å²) >= 11 is 0. The summed E-state index contributed by atoms with van der Waals surface area (Å²) in [5, 5.41) is 0. The SMILES string of the molecule is COc1cc([C@@H]2C(=O)N(C3CCCCCC3)CC(=O)N2Cc2ccccc2)ccc1OC(C)C. The first-order chi connectivity index (χ1) is 16.5. The molecular formula is C28H36N2O4. The largest absolute Gasteiger partial charge is 0.493 e. The van der Waals surface area contributed by atoms with Crippen LogP contribution in [0.2, 0.25) is 0 Å². The number of hydrogen-bond donors (Lipinski definition) is 0. The molecule has 182 valence electrons. The Kier molecular flexibility index (Phi) is 7.76. The zero-order valence-electron chi connectivity index (χ0n) is 20.5. The number of ether oxygens (including phenoxy) is 2. The molecule has 1 heterocycles. The van der Waals surface area contributed by atoms with Crippen LogP contribution in [0.25, 0.3) is 0 Å².